The Bertz CT molecular complexity index is 1200. The first kappa shape index (κ1) is 23.7. The van der Waals surface area contributed by atoms with Crippen LogP contribution in [-0.2, 0) is 9.53 Å². The summed E-state index contributed by atoms with van der Waals surface area (Å²) in [6, 6.07) is 13.4. The minimum Gasteiger partial charge on any atom is -0.493 e. The summed E-state index contributed by atoms with van der Waals surface area (Å²) in [5.41, 5.74) is 4.15. The third-order valence-corrected chi connectivity index (χ3v) is 5.97. The van der Waals surface area contributed by atoms with E-state index in [1.807, 2.05) is 49.4 Å². The smallest absolute Gasteiger partial charge is 0.338 e. The highest BCUT2D eigenvalue weighted by Crippen LogP contribution is 2.42. The number of hydrogen-bond acceptors (Lipinski definition) is 6. The highest BCUT2D eigenvalue weighted by atomic mass is 16.5. The molecule has 7 heteroatoms. The van der Waals surface area contributed by atoms with Crippen LogP contribution in [0.25, 0.3) is 11.0 Å². The van der Waals surface area contributed by atoms with Gasteiger partial charge in [-0.15, -0.1) is 0 Å². The third-order valence-electron chi connectivity index (χ3n) is 5.97. The second kappa shape index (κ2) is 10.6. The fourth-order valence-electron chi connectivity index (χ4n) is 4.40. The lowest BCUT2D eigenvalue weighted by Gasteiger charge is -2.31. The SMILES string of the molecule is CCCCOc1ccc([C@H]2C(C(=O)OCC)=C(CCC)Nc3nc4ccccc4n32)cc1OC. The number of esters is 1. The second-order valence-electron chi connectivity index (χ2n) is 8.30. The van der Waals surface area contributed by atoms with E-state index >= 15 is 0 Å². The monoisotopic (exact) mass is 463 g/mol. The largest absolute Gasteiger partial charge is 0.493 e. The summed E-state index contributed by atoms with van der Waals surface area (Å²) in [6.07, 6.45) is 3.62. The van der Waals surface area contributed by atoms with Gasteiger partial charge in [-0.1, -0.05) is 44.9 Å². The molecule has 180 valence electrons. The van der Waals surface area contributed by atoms with Crippen molar-refractivity contribution in [1.29, 1.82) is 0 Å². The van der Waals surface area contributed by atoms with Crippen LogP contribution in [0.1, 0.15) is 58.1 Å². The van der Waals surface area contributed by atoms with Gasteiger partial charge >= 0.3 is 5.97 Å². The van der Waals surface area contributed by atoms with Crippen LogP contribution in [0.15, 0.2) is 53.7 Å². The van der Waals surface area contributed by atoms with Crippen LogP contribution < -0.4 is 14.8 Å². The third kappa shape index (κ3) is 4.47. The van der Waals surface area contributed by atoms with Crippen molar-refractivity contribution in [3.63, 3.8) is 0 Å². The van der Waals surface area contributed by atoms with Gasteiger partial charge in [-0.3, -0.25) is 4.57 Å². The molecule has 1 atom stereocenters. The molecule has 0 bridgehead atoms. The van der Waals surface area contributed by atoms with Crippen LogP contribution in [0, 0.1) is 0 Å². The topological polar surface area (TPSA) is 74.6 Å². The molecule has 0 fully saturated rings. The number of carbonyl (C=O) groups excluding carboxylic acids is 1. The number of nitrogens with one attached hydrogen (secondary N) is 1. The van der Waals surface area contributed by atoms with Crippen LogP contribution in [-0.4, -0.2) is 35.8 Å². The molecule has 1 N–H and O–H groups in total. The molecule has 34 heavy (non-hydrogen) atoms. The van der Waals surface area contributed by atoms with Crippen LogP contribution in [0.4, 0.5) is 5.95 Å². The van der Waals surface area contributed by atoms with E-state index in [9.17, 15) is 4.79 Å². The normalized spacial score (nSPS) is 15.1. The van der Waals surface area contributed by atoms with Gasteiger partial charge in [-0.05, 0) is 49.6 Å². The molecule has 0 aliphatic carbocycles. The first-order valence-corrected chi connectivity index (χ1v) is 12.1. The number of allylic oxidation sites excluding steroid dienone is 1. The van der Waals surface area contributed by atoms with Gasteiger partial charge in [0.15, 0.2) is 11.5 Å². The predicted octanol–water partition coefficient (Wildman–Crippen LogP) is 5.86. The fourth-order valence-corrected chi connectivity index (χ4v) is 4.40. The number of benzene rings is 2. The van der Waals surface area contributed by atoms with Crippen LogP contribution >= 0.6 is 0 Å². The summed E-state index contributed by atoms with van der Waals surface area (Å²) in [7, 11) is 1.64. The van der Waals surface area contributed by atoms with Crippen LogP contribution in [0.2, 0.25) is 0 Å². The Morgan fingerprint density at radius 2 is 1.91 bits per heavy atom. The first-order valence-electron chi connectivity index (χ1n) is 12.1. The molecule has 0 spiro atoms. The molecular weight excluding hydrogens is 430 g/mol. The molecule has 0 saturated heterocycles. The number of aromatic nitrogens is 2. The molecule has 0 amide bonds. The Hall–Kier alpha value is -3.48. The van der Waals surface area contributed by atoms with Gasteiger partial charge < -0.3 is 19.5 Å². The van der Waals surface area contributed by atoms with Crippen LogP contribution in [0.3, 0.4) is 0 Å². The molecule has 3 aromatic rings. The molecular formula is C27H33N3O4. The van der Waals surface area contributed by atoms with Crippen LogP contribution in [0.5, 0.6) is 11.5 Å². The first-order chi connectivity index (χ1) is 16.6. The van der Waals surface area contributed by atoms with Gasteiger partial charge in [-0.2, -0.15) is 0 Å². The zero-order valence-electron chi connectivity index (χ0n) is 20.4. The van der Waals surface area contributed by atoms with E-state index < -0.39 is 6.04 Å². The number of ether oxygens (including phenoxy) is 3. The van der Waals surface area contributed by atoms with Crippen molar-refractivity contribution in [3.05, 3.63) is 59.3 Å². The molecule has 4 rings (SSSR count). The molecule has 1 aromatic heterocycles. The van der Waals surface area contributed by atoms with Crippen molar-refractivity contribution in [2.45, 2.75) is 52.5 Å². The Morgan fingerprint density at radius 1 is 1.09 bits per heavy atom. The average Bonchev–Trinajstić information content (AvgIpc) is 3.22. The van der Waals surface area contributed by atoms with Crippen molar-refractivity contribution in [2.24, 2.45) is 0 Å². The van der Waals surface area contributed by atoms with Gasteiger partial charge in [-0.25, -0.2) is 9.78 Å². The lowest BCUT2D eigenvalue weighted by Crippen LogP contribution is -2.29. The van der Waals surface area contributed by atoms with E-state index in [2.05, 4.69) is 23.7 Å². The molecule has 1 aliphatic rings. The summed E-state index contributed by atoms with van der Waals surface area (Å²) in [4.78, 5) is 18.1. The number of unbranched alkanes of at least 4 members (excludes halogenated alkanes) is 1. The van der Waals surface area contributed by atoms with Gasteiger partial charge in [0.1, 0.15) is 0 Å². The standard InChI is InChI=1S/C27H33N3O4/c1-5-8-16-34-22-15-14-18(17-23(22)32-4)25-24(26(31)33-7-3)20(11-6-2)29-27-28-19-12-9-10-13-21(19)30(25)27/h9-10,12-15,17,25H,5-8,11,16H2,1-4H3,(H,28,29)/t25-/m0/s1. The zero-order valence-corrected chi connectivity index (χ0v) is 20.4. The predicted molar refractivity (Wildman–Crippen MR) is 133 cm³/mol. The molecule has 0 radical (unpaired) electrons. The maximum atomic E-state index is 13.3. The van der Waals surface area contributed by atoms with E-state index in [1.165, 1.54) is 0 Å². The van der Waals surface area contributed by atoms with Crippen molar-refractivity contribution < 1.29 is 19.0 Å². The second-order valence-corrected chi connectivity index (χ2v) is 8.30. The summed E-state index contributed by atoms with van der Waals surface area (Å²) in [5.74, 6) is 1.72. The van der Waals surface area contributed by atoms with E-state index in [-0.39, 0.29) is 5.97 Å². The fraction of sp³-hybridized carbons (Fsp3) is 0.407. The Labute approximate surface area is 200 Å². The molecule has 2 heterocycles. The number of methoxy groups -OCH3 is 1. The minimum absolute atomic E-state index is 0.305. The quantitative estimate of drug-likeness (QED) is 0.300. The molecule has 7 nitrogen and oxygen atoms in total. The van der Waals surface area contributed by atoms with E-state index in [0.717, 1.165) is 41.6 Å². The van der Waals surface area contributed by atoms with Crippen molar-refractivity contribution in [2.75, 3.05) is 25.6 Å². The van der Waals surface area contributed by atoms with Gasteiger partial charge in [0.25, 0.3) is 0 Å². The van der Waals surface area contributed by atoms with Gasteiger partial charge in [0, 0.05) is 5.70 Å². The van der Waals surface area contributed by atoms with Crippen molar-refractivity contribution >= 4 is 23.0 Å². The maximum Gasteiger partial charge on any atom is 0.338 e. The summed E-state index contributed by atoms with van der Waals surface area (Å²) < 4.78 is 19.2. The number of nitrogens with zero attached hydrogens (tertiary/aromatic N) is 2. The van der Waals surface area contributed by atoms with E-state index in [1.54, 1.807) is 7.11 Å². The molecule has 2 aromatic carbocycles. The number of carbonyl (C=O) groups is 1. The highest BCUT2D eigenvalue weighted by Gasteiger charge is 2.36. The van der Waals surface area contributed by atoms with Crippen molar-refractivity contribution in [1.82, 2.24) is 9.55 Å². The zero-order chi connectivity index (χ0) is 24.1. The number of imidazole rings is 1. The van der Waals surface area contributed by atoms with Crippen molar-refractivity contribution in [3.8, 4) is 11.5 Å². The number of anilines is 1. The Morgan fingerprint density at radius 3 is 2.65 bits per heavy atom. The minimum atomic E-state index is -0.414. The van der Waals surface area contributed by atoms with Gasteiger partial charge in [0.2, 0.25) is 5.95 Å². The van der Waals surface area contributed by atoms with E-state index in [0.29, 0.717) is 42.7 Å². The maximum absolute atomic E-state index is 13.3. The Balaban J connectivity index is 1.90. The lowest BCUT2D eigenvalue weighted by atomic mass is 9.93. The lowest BCUT2D eigenvalue weighted by molar-refractivity contribution is -0.139. The van der Waals surface area contributed by atoms with E-state index in [4.69, 9.17) is 19.2 Å². The summed E-state index contributed by atoms with van der Waals surface area (Å²) in [5, 5.41) is 3.43. The average molecular weight is 464 g/mol. The molecule has 0 saturated carbocycles. The number of para-hydroxylation sites is 2. The highest BCUT2D eigenvalue weighted by molar-refractivity contribution is 5.94. The number of rotatable bonds is 10. The van der Waals surface area contributed by atoms with Gasteiger partial charge in [0.05, 0.1) is 43.0 Å². The summed E-state index contributed by atoms with van der Waals surface area (Å²) >= 11 is 0. The Kier molecular flexibility index (Phi) is 7.40. The number of hydrogen-bond donors (Lipinski definition) is 1. The molecule has 0 unspecified atom stereocenters. The molecule has 1 aliphatic heterocycles. The summed E-state index contributed by atoms with van der Waals surface area (Å²) in [6.45, 7) is 6.98. The number of fused-ring (bicyclic) bond motifs is 3.